The number of rotatable bonds is 8. The zero-order valence-corrected chi connectivity index (χ0v) is 13.4. The summed E-state index contributed by atoms with van der Waals surface area (Å²) in [6.45, 7) is 12.3. The summed E-state index contributed by atoms with van der Waals surface area (Å²) >= 11 is 0. The molecule has 0 aliphatic carbocycles. The van der Waals surface area contributed by atoms with Crippen LogP contribution in [0.1, 0.15) is 56.7 Å². The van der Waals surface area contributed by atoms with Gasteiger partial charge in [0.2, 0.25) is 0 Å². The standard InChI is InChI=1S/C18H31N/c1-6-19-18(9-7-8-14(2)3)13-17-11-15(4)10-16(5)12-17/h10-12,14,18-19H,6-9,13H2,1-5H3. The highest BCUT2D eigenvalue weighted by atomic mass is 14.9. The second kappa shape index (κ2) is 8.37. The molecule has 0 spiro atoms. The van der Waals surface area contributed by atoms with Gasteiger partial charge in [0.25, 0.3) is 0 Å². The molecule has 108 valence electrons. The highest BCUT2D eigenvalue weighted by molar-refractivity contribution is 5.29. The number of aryl methyl sites for hydroxylation is 2. The van der Waals surface area contributed by atoms with Crippen molar-refractivity contribution in [1.82, 2.24) is 5.32 Å². The number of nitrogens with one attached hydrogen (secondary N) is 1. The highest BCUT2D eigenvalue weighted by Crippen LogP contribution is 2.15. The topological polar surface area (TPSA) is 12.0 Å². The number of hydrogen-bond acceptors (Lipinski definition) is 1. The van der Waals surface area contributed by atoms with Gasteiger partial charge in [-0.05, 0) is 44.7 Å². The average molecular weight is 261 g/mol. The first-order valence-electron chi connectivity index (χ1n) is 7.81. The third-order valence-corrected chi connectivity index (χ3v) is 3.59. The molecule has 1 nitrogen and oxygen atoms in total. The Bertz CT molecular complexity index is 348. The first-order chi connectivity index (χ1) is 9.01. The molecule has 1 atom stereocenters. The van der Waals surface area contributed by atoms with Gasteiger partial charge in [0.05, 0.1) is 0 Å². The minimum Gasteiger partial charge on any atom is -0.314 e. The van der Waals surface area contributed by atoms with Gasteiger partial charge in [0, 0.05) is 6.04 Å². The minimum absolute atomic E-state index is 0.630. The molecule has 0 saturated heterocycles. The summed E-state index contributed by atoms with van der Waals surface area (Å²) in [5.74, 6) is 0.823. The predicted octanol–water partition coefficient (Wildman–Crippen LogP) is 4.65. The molecule has 0 radical (unpaired) electrons. The lowest BCUT2D eigenvalue weighted by molar-refractivity contribution is 0.442. The average Bonchev–Trinajstić information content (AvgIpc) is 2.27. The van der Waals surface area contributed by atoms with Crippen LogP contribution in [0.25, 0.3) is 0 Å². The van der Waals surface area contributed by atoms with E-state index in [9.17, 15) is 0 Å². The molecular weight excluding hydrogens is 230 g/mol. The Kier molecular flexibility index (Phi) is 7.15. The van der Waals surface area contributed by atoms with Crippen molar-refractivity contribution >= 4 is 0 Å². The van der Waals surface area contributed by atoms with E-state index in [-0.39, 0.29) is 0 Å². The Balaban J connectivity index is 2.56. The quantitative estimate of drug-likeness (QED) is 0.718. The van der Waals surface area contributed by atoms with Gasteiger partial charge in [-0.1, -0.05) is 62.9 Å². The van der Waals surface area contributed by atoms with Crippen molar-refractivity contribution in [2.45, 2.75) is 66.3 Å². The fourth-order valence-corrected chi connectivity index (χ4v) is 2.81. The minimum atomic E-state index is 0.630. The van der Waals surface area contributed by atoms with Crippen LogP contribution in [0.4, 0.5) is 0 Å². The lowest BCUT2D eigenvalue weighted by Crippen LogP contribution is -2.31. The van der Waals surface area contributed by atoms with E-state index >= 15 is 0 Å². The summed E-state index contributed by atoms with van der Waals surface area (Å²) in [5.41, 5.74) is 4.24. The van der Waals surface area contributed by atoms with Crippen molar-refractivity contribution in [3.8, 4) is 0 Å². The van der Waals surface area contributed by atoms with Crippen LogP contribution in [0.5, 0.6) is 0 Å². The van der Waals surface area contributed by atoms with Crippen molar-refractivity contribution in [3.05, 3.63) is 34.9 Å². The van der Waals surface area contributed by atoms with Crippen molar-refractivity contribution in [1.29, 1.82) is 0 Å². The number of likely N-dealkylation sites (N-methyl/N-ethyl adjacent to an activating group) is 1. The van der Waals surface area contributed by atoms with Crippen LogP contribution < -0.4 is 5.32 Å². The third-order valence-electron chi connectivity index (χ3n) is 3.59. The smallest absolute Gasteiger partial charge is 0.0107 e. The van der Waals surface area contributed by atoms with Gasteiger partial charge < -0.3 is 5.32 Å². The summed E-state index contributed by atoms with van der Waals surface area (Å²) < 4.78 is 0. The maximum absolute atomic E-state index is 3.64. The SMILES string of the molecule is CCNC(CCCC(C)C)Cc1cc(C)cc(C)c1. The fourth-order valence-electron chi connectivity index (χ4n) is 2.81. The predicted molar refractivity (Wildman–Crippen MR) is 85.8 cm³/mol. The summed E-state index contributed by atoms with van der Waals surface area (Å²) in [5, 5.41) is 3.64. The molecule has 0 aliphatic rings. The Morgan fingerprint density at radius 1 is 1.00 bits per heavy atom. The van der Waals surface area contributed by atoms with Gasteiger partial charge in [-0.25, -0.2) is 0 Å². The lowest BCUT2D eigenvalue weighted by atomic mass is 9.96. The monoisotopic (exact) mass is 261 g/mol. The van der Waals surface area contributed by atoms with Crippen molar-refractivity contribution in [3.63, 3.8) is 0 Å². The van der Waals surface area contributed by atoms with Crippen LogP contribution in [0.2, 0.25) is 0 Å². The van der Waals surface area contributed by atoms with Crippen LogP contribution >= 0.6 is 0 Å². The van der Waals surface area contributed by atoms with Crippen LogP contribution in [0.3, 0.4) is 0 Å². The number of hydrogen-bond donors (Lipinski definition) is 1. The summed E-state index contributed by atoms with van der Waals surface area (Å²) in [7, 11) is 0. The molecule has 0 bridgehead atoms. The van der Waals surface area contributed by atoms with Crippen LogP contribution in [0.15, 0.2) is 18.2 Å². The third kappa shape index (κ3) is 6.77. The van der Waals surface area contributed by atoms with E-state index in [1.165, 1.54) is 36.0 Å². The number of benzene rings is 1. The van der Waals surface area contributed by atoms with Gasteiger partial charge in [-0.2, -0.15) is 0 Å². The molecule has 1 heteroatoms. The summed E-state index contributed by atoms with van der Waals surface area (Å²) in [6.07, 6.45) is 5.13. The molecule has 1 rings (SSSR count). The molecule has 0 heterocycles. The fraction of sp³-hybridized carbons (Fsp3) is 0.667. The van der Waals surface area contributed by atoms with Crippen LogP contribution in [-0.4, -0.2) is 12.6 Å². The summed E-state index contributed by atoms with van der Waals surface area (Å²) in [6, 6.07) is 7.55. The first-order valence-corrected chi connectivity index (χ1v) is 7.81. The Morgan fingerprint density at radius 2 is 1.63 bits per heavy atom. The second-order valence-electron chi connectivity index (χ2n) is 6.28. The molecule has 0 saturated carbocycles. The Labute approximate surface area is 119 Å². The van der Waals surface area contributed by atoms with Crippen molar-refractivity contribution in [2.24, 2.45) is 5.92 Å². The van der Waals surface area contributed by atoms with Crippen molar-refractivity contribution in [2.75, 3.05) is 6.54 Å². The first kappa shape index (κ1) is 16.2. The highest BCUT2D eigenvalue weighted by Gasteiger charge is 2.09. The largest absolute Gasteiger partial charge is 0.314 e. The molecule has 0 aliphatic heterocycles. The van der Waals surface area contributed by atoms with E-state index in [4.69, 9.17) is 0 Å². The van der Waals surface area contributed by atoms with E-state index in [2.05, 4.69) is 58.1 Å². The van der Waals surface area contributed by atoms with Gasteiger partial charge >= 0.3 is 0 Å². The van der Waals surface area contributed by atoms with Gasteiger partial charge in [-0.15, -0.1) is 0 Å². The maximum Gasteiger partial charge on any atom is 0.0107 e. The molecular formula is C18H31N. The zero-order chi connectivity index (χ0) is 14.3. The normalized spacial score (nSPS) is 12.9. The summed E-state index contributed by atoms with van der Waals surface area (Å²) in [4.78, 5) is 0. The molecule has 19 heavy (non-hydrogen) atoms. The zero-order valence-electron chi connectivity index (χ0n) is 13.4. The van der Waals surface area contributed by atoms with Gasteiger partial charge in [-0.3, -0.25) is 0 Å². The van der Waals surface area contributed by atoms with E-state index in [1.807, 2.05) is 0 Å². The maximum atomic E-state index is 3.64. The molecule has 1 aromatic rings. The van der Waals surface area contributed by atoms with Crippen LogP contribution in [0, 0.1) is 19.8 Å². The van der Waals surface area contributed by atoms with Crippen LogP contribution in [-0.2, 0) is 6.42 Å². The molecule has 0 fully saturated rings. The second-order valence-corrected chi connectivity index (χ2v) is 6.28. The molecule has 1 aromatic carbocycles. The Hall–Kier alpha value is -0.820. The van der Waals surface area contributed by atoms with E-state index < -0.39 is 0 Å². The van der Waals surface area contributed by atoms with Gasteiger partial charge in [0.15, 0.2) is 0 Å². The van der Waals surface area contributed by atoms with Crippen molar-refractivity contribution < 1.29 is 0 Å². The molecule has 1 unspecified atom stereocenters. The molecule has 1 N–H and O–H groups in total. The van der Waals surface area contributed by atoms with E-state index in [0.29, 0.717) is 6.04 Å². The van der Waals surface area contributed by atoms with E-state index in [1.54, 1.807) is 0 Å². The molecule has 0 aromatic heterocycles. The molecule has 0 amide bonds. The Morgan fingerprint density at radius 3 is 2.16 bits per heavy atom. The van der Waals surface area contributed by atoms with Gasteiger partial charge in [0.1, 0.15) is 0 Å². The van der Waals surface area contributed by atoms with E-state index in [0.717, 1.165) is 18.9 Å². The lowest BCUT2D eigenvalue weighted by Gasteiger charge is -2.19.